The molecule has 0 bridgehead atoms. The van der Waals surface area contributed by atoms with Crippen molar-refractivity contribution in [2.24, 2.45) is 0 Å². The molecule has 3 aromatic rings. The van der Waals surface area contributed by atoms with E-state index < -0.39 is 0 Å². The molecule has 0 aliphatic rings. The normalized spacial score (nSPS) is 10.5. The van der Waals surface area contributed by atoms with E-state index in [4.69, 9.17) is 9.26 Å². The van der Waals surface area contributed by atoms with Crippen LogP contribution < -0.4 is 10.3 Å². The van der Waals surface area contributed by atoms with Crippen molar-refractivity contribution in [3.63, 3.8) is 0 Å². The molecule has 0 aliphatic heterocycles. The number of hydrogen-bond donors (Lipinski definition) is 1. The molecular weight excluding hydrogens is 272 g/mol. The van der Waals surface area contributed by atoms with Crippen molar-refractivity contribution in [3.05, 3.63) is 47.1 Å². The molecule has 0 aliphatic carbocycles. The van der Waals surface area contributed by atoms with Gasteiger partial charge in [0, 0.05) is 11.8 Å². The van der Waals surface area contributed by atoms with E-state index in [2.05, 4.69) is 20.1 Å². The Hall–Kier alpha value is -2.96. The first-order chi connectivity index (χ1) is 10.3. The predicted molar refractivity (Wildman–Crippen MR) is 74.8 cm³/mol. The van der Waals surface area contributed by atoms with E-state index in [1.165, 1.54) is 12.5 Å². The van der Waals surface area contributed by atoms with Gasteiger partial charge in [-0.05, 0) is 31.2 Å². The molecule has 0 amide bonds. The molecule has 0 unspecified atom stereocenters. The molecule has 0 spiro atoms. The Morgan fingerprint density at radius 1 is 1.29 bits per heavy atom. The van der Waals surface area contributed by atoms with Gasteiger partial charge in [0.2, 0.25) is 5.82 Å². The molecule has 0 saturated heterocycles. The lowest BCUT2D eigenvalue weighted by atomic mass is 10.2. The zero-order valence-corrected chi connectivity index (χ0v) is 11.2. The van der Waals surface area contributed by atoms with Crippen LogP contribution in [-0.4, -0.2) is 26.7 Å². The van der Waals surface area contributed by atoms with Gasteiger partial charge >= 0.3 is 0 Å². The number of nitrogens with one attached hydrogen (secondary N) is 1. The van der Waals surface area contributed by atoms with Crippen LogP contribution in [0.25, 0.3) is 22.8 Å². The van der Waals surface area contributed by atoms with E-state index in [-0.39, 0.29) is 17.0 Å². The number of benzene rings is 1. The molecule has 0 fully saturated rings. The average molecular weight is 284 g/mol. The van der Waals surface area contributed by atoms with Crippen LogP contribution in [0.1, 0.15) is 6.92 Å². The predicted octanol–water partition coefficient (Wildman–Crippen LogP) is 1.89. The third-order valence-corrected chi connectivity index (χ3v) is 2.80. The number of aromatic nitrogens is 4. The number of aromatic amines is 1. The van der Waals surface area contributed by atoms with E-state index in [1.807, 2.05) is 31.2 Å². The third-order valence-electron chi connectivity index (χ3n) is 2.80. The van der Waals surface area contributed by atoms with Crippen molar-refractivity contribution < 1.29 is 9.26 Å². The monoisotopic (exact) mass is 284 g/mol. The van der Waals surface area contributed by atoms with Gasteiger partial charge in [0.1, 0.15) is 11.3 Å². The largest absolute Gasteiger partial charge is 0.494 e. The molecule has 2 aromatic heterocycles. The first kappa shape index (κ1) is 13.0. The fraction of sp³-hybridized carbons (Fsp3) is 0.143. The minimum Gasteiger partial charge on any atom is -0.494 e. The topological polar surface area (TPSA) is 93.9 Å². The van der Waals surface area contributed by atoms with Gasteiger partial charge in [-0.25, -0.2) is 4.98 Å². The highest BCUT2D eigenvalue weighted by Crippen LogP contribution is 2.22. The molecule has 7 heteroatoms. The van der Waals surface area contributed by atoms with Crippen LogP contribution in [-0.2, 0) is 0 Å². The van der Waals surface area contributed by atoms with E-state index in [0.29, 0.717) is 12.4 Å². The second kappa shape index (κ2) is 5.58. The van der Waals surface area contributed by atoms with Gasteiger partial charge in [-0.2, -0.15) is 4.98 Å². The first-order valence-corrected chi connectivity index (χ1v) is 6.38. The molecule has 21 heavy (non-hydrogen) atoms. The van der Waals surface area contributed by atoms with Gasteiger partial charge in [-0.1, -0.05) is 5.16 Å². The zero-order chi connectivity index (χ0) is 14.7. The van der Waals surface area contributed by atoms with Crippen LogP contribution in [0.5, 0.6) is 5.75 Å². The Morgan fingerprint density at radius 2 is 2.10 bits per heavy atom. The molecule has 0 saturated carbocycles. The summed E-state index contributed by atoms with van der Waals surface area (Å²) in [4.78, 5) is 22.1. The fourth-order valence-corrected chi connectivity index (χ4v) is 1.81. The van der Waals surface area contributed by atoms with Crippen molar-refractivity contribution >= 4 is 0 Å². The zero-order valence-electron chi connectivity index (χ0n) is 11.2. The maximum absolute atomic E-state index is 11.6. The van der Waals surface area contributed by atoms with E-state index >= 15 is 0 Å². The minimum atomic E-state index is -0.327. The Labute approximate surface area is 119 Å². The van der Waals surface area contributed by atoms with E-state index in [1.54, 1.807) is 0 Å². The van der Waals surface area contributed by atoms with E-state index in [0.717, 1.165) is 11.3 Å². The maximum Gasteiger partial charge on any atom is 0.265 e. The van der Waals surface area contributed by atoms with Crippen LogP contribution in [0.2, 0.25) is 0 Å². The summed E-state index contributed by atoms with van der Waals surface area (Å²) >= 11 is 0. The molecule has 106 valence electrons. The van der Waals surface area contributed by atoms with Crippen LogP contribution in [0.4, 0.5) is 0 Å². The summed E-state index contributed by atoms with van der Waals surface area (Å²) in [6.45, 7) is 2.53. The highest BCUT2D eigenvalue weighted by Gasteiger charge is 2.13. The summed E-state index contributed by atoms with van der Waals surface area (Å²) < 4.78 is 10.5. The van der Waals surface area contributed by atoms with Crippen LogP contribution in [0.3, 0.4) is 0 Å². The second-order valence-electron chi connectivity index (χ2n) is 4.17. The van der Waals surface area contributed by atoms with Crippen LogP contribution in [0, 0.1) is 0 Å². The smallest absolute Gasteiger partial charge is 0.265 e. The lowest BCUT2D eigenvalue weighted by molar-refractivity contribution is 0.340. The fourth-order valence-electron chi connectivity index (χ4n) is 1.81. The summed E-state index contributed by atoms with van der Waals surface area (Å²) in [5.41, 5.74) is 0.683. The Morgan fingerprint density at radius 3 is 2.81 bits per heavy atom. The first-order valence-electron chi connectivity index (χ1n) is 6.38. The Balaban J connectivity index is 1.91. The van der Waals surface area contributed by atoms with Gasteiger partial charge in [0.05, 0.1) is 12.9 Å². The lowest BCUT2D eigenvalue weighted by Gasteiger charge is -2.02. The number of nitrogens with zero attached hydrogens (tertiary/aromatic N) is 3. The number of rotatable bonds is 4. The molecule has 0 radical (unpaired) electrons. The summed E-state index contributed by atoms with van der Waals surface area (Å²) in [7, 11) is 0. The summed E-state index contributed by atoms with van der Waals surface area (Å²) in [5.74, 6) is 1.30. The van der Waals surface area contributed by atoms with Gasteiger partial charge in [0.15, 0.2) is 0 Å². The molecule has 3 rings (SSSR count). The lowest BCUT2D eigenvalue weighted by Crippen LogP contribution is -2.08. The summed E-state index contributed by atoms with van der Waals surface area (Å²) in [6.07, 6.45) is 2.68. The van der Waals surface area contributed by atoms with Gasteiger partial charge in [-0.15, -0.1) is 0 Å². The molecule has 1 N–H and O–H groups in total. The van der Waals surface area contributed by atoms with Crippen LogP contribution >= 0.6 is 0 Å². The maximum atomic E-state index is 11.6. The van der Waals surface area contributed by atoms with Crippen molar-refractivity contribution in [1.29, 1.82) is 0 Å². The highest BCUT2D eigenvalue weighted by molar-refractivity contribution is 5.59. The van der Waals surface area contributed by atoms with Gasteiger partial charge in [0.25, 0.3) is 11.4 Å². The third kappa shape index (κ3) is 2.66. The second-order valence-corrected chi connectivity index (χ2v) is 4.17. The van der Waals surface area contributed by atoms with Crippen molar-refractivity contribution in [3.8, 4) is 28.6 Å². The van der Waals surface area contributed by atoms with Crippen LogP contribution in [0.15, 0.2) is 46.1 Å². The number of hydrogen-bond acceptors (Lipinski definition) is 6. The van der Waals surface area contributed by atoms with Gasteiger partial charge < -0.3 is 14.2 Å². The molecule has 1 aromatic carbocycles. The van der Waals surface area contributed by atoms with Gasteiger partial charge in [-0.3, -0.25) is 4.79 Å². The molecular formula is C14H12N4O3. The summed E-state index contributed by atoms with van der Waals surface area (Å²) in [6, 6.07) is 7.30. The quantitative estimate of drug-likeness (QED) is 0.786. The summed E-state index contributed by atoms with van der Waals surface area (Å²) in [5, 5.41) is 3.87. The minimum absolute atomic E-state index is 0.133. The Bertz CT molecular complexity index is 792. The average Bonchev–Trinajstić information content (AvgIpc) is 2.98. The SMILES string of the molecule is CCOc1ccc(-c2noc(-c3cnc[nH]c3=O)n2)cc1. The number of ether oxygens (including phenoxy) is 1. The standard InChI is InChI=1S/C14H12N4O3/c1-2-20-10-5-3-9(4-6-10)12-17-14(21-18-12)11-7-15-8-16-13(11)19/h3-8H,2H2,1H3,(H,15,16,19). The van der Waals surface area contributed by atoms with Crippen molar-refractivity contribution in [2.75, 3.05) is 6.61 Å². The molecule has 7 nitrogen and oxygen atoms in total. The highest BCUT2D eigenvalue weighted by atomic mass is 16.5. The van der Waals surface area contributed by atoms with Crippen molar-refractivity contribution in [1.82, 2.24) is 20.1 Å². The van der Waals surface area contributed by atoms with E-state index in [9.17, 15) is 4.79 Å². The molecule has 2 heterocycles. The number of H-pyrrole nitrogens is 1. The van der Waals surface area contributed by atoms with Crippen molar-refractivity contribution in [2.45, 2.75) is 6.92 Å². The molecule has 0 atom stereocenters. The Kier molecular flexibility index (Phi) is 3.46.